The lowest BCUT2D eigenvalue weighted by molar-refractivity contribution is -0.142. The Bertz CT molecular complexity index is 1510. The number of piperidine rings is 1. The molecule has 0 spiro atoms. The molecule has 0 aliphatic carbocycles. The van der Waals surface area contributed by atoms with Crippen LogP contribution in [0.1, 0.15) is 56.7 Å². The van der Waals surface area contributed by atoms with Gasteiger partial charge < -0.3 is 14.7 Å². The Labute approximate surface area is 244 Å². The summed E-state index contributed by atoms with van der Waals surface area (Å²) in [5.41, 5.74) is 3.70. The lowest BCUT2D eigenvalue weighted by atomic mass is 9.91. The van der Waals surface area contributed by atoms with E-state index >= 15 is 0 Å². The molecule has 1 unspecified atom stereocenters. The number of nitrogens with zero attached hydrogens (tertiary/aromatic N) is 5. The number of aromatic nitrogens is 3. The summed E-state index contributed by atoms with van der Waals surface area (Å²) in [5, 5.41) is 11.6. The van der Waals surface area contributed by atoms with Crippen molar-refractivity contribution in [2.45, 2.75) is 65.6 Å². The zero-order valence-electron chi connectivity index (χ0n) is 23.7. The normalized spacial score (nSPS) is 20.1. The molecule has 41 heavy (non-hydrogen) atoms. The quantitative estimate of drug-likeness (QED) is 0.471. The fraction of sp³-hybridized carbons (Fsp3) is 0.500. The van der Waals surface area contributed by atoms with Crippen LogP contribution in [-0.2, 0) is 29.1 Å². The second-order valence-electron chi connectivity index (χ2n) is 12.7. The van der Waals surface area contributed by atoms with Crippen LogP contribution >= 0.6 is 11.6 Å². The van der Waals surface area contributed by atoms with E-state index in [0.29, 0.717) is 62.8 Å². The Morgan fingerprint density at radius 3 is 2.68 bits per heavy atom. The number of likely N-dealkylation sites (tertiary alicyclic amines) is 1. The van der Waals surface area contributed by atoms with E-state index in [2.05, 4.69) is 41.3 Å². The van der Waals surface area contributed by atoms with Gasteiger partial charge in [-0.15, -0.1) is 0 Å². The van der Waals surface area contributed by atoms with Crippen LogP contribution < -0.4 is 5.32 Å². The molecule has 1 atom stereocenters. The molecular formula is C30H36ClN7O3. The van der Waals surface area contributed by atoms with Crippen LogP contribution in [0.25, 0.3) is 10.9 Å². The lowest BCUT2D eigenvalue weighted by Crippen LogP contribution is -2.51. The van der Waals surface area contributed by atoms with Crippen LogP contribution in [0.2, 0.25) is 5.02 Å². The standard InChI is InChI=1S/C30H36ClN7O3/c1-30(2,3)17-37-16-23-19(12-24(31)26-22(23)14-33-35-26)11-20(28(37)40)13-25(39)36-9-6-21(7-10-36)38-15-18-5-4-8-32-27(18)34-29(38)41/h4-5,8,12,14,20-21H,6-7,9-11,13,15-17H2,1-3H3,(H,33,35)(H,32,34,41). The Morgan fingerprint density at radius 1 is 1.15 bits per heavy atom. The van der Waals surface area contributed by atoms with Gasteiger partial charge in [-0.25, -0.2) is 9.78 Å². The summed E-state index contributed by atoms with van der Waals surface area (Å²) >= 11 is 6.58. The first kappa shape index (κ1) is 27.5. The Morgan fingerprint density at radius 2 is 1.93 bits per heavy atom. The smallest absolute Gasteiger partial charge is 0.323 e. The van der Waals surface area contributed by atoms with Crippen molar-refractivity contribution in [2.75, 3.05) is 25.0 Å². The number of hydrogen-bond donors (Lipinski definition) is 2. The van der Waals surface area contributed by atoms with Crippen molar-refractivity contribution < 1.29 is 14.4 Å². The van der Waals surface area contributed by atoms with Gasteiger partial charge in [-0.05, 0) is 47.9 Å². The van der Waals surface area contributed by atoms with E-state index in [1.165, 1.54) is 0 Å². The van der Waals surface area contributed by atoms with Gasteiger partial charge in [-0.2, -0.15) is 5.10 Å². The van der Waals surface area contributed by atoms with E-state index in [-0.39, 0.29) is 35.7 Å². The number of H-pyrrole nitrogens is 1. The van der Waals surface area contributed by atoms with E-state index in [1.54, 1.807) is 12.4 Å². The van der Waals surface area contributed by atoms with E-state index in [4.69, 9.17) is 11.6 Å². The first-order valence-corrected chi connectivity index (χ1v) is 14.7. The fourth-order valence-electron chi connectivity index (χ4n) is 6.47. The number of benzene rings is 1. The lowest BCUT2D eigenvalue weighted by Gasteiger charge is -2.40. The van der Waals surface area contributed by atoms with Crippen LogP contribution in [-0.4, -0.2) is 73.4 Å². The summed E-state index contributed by atoms with van der Waals surface area (Å²) in [4.78, 5) is 50.1. The SMILES string of the molecule is CC(C)(C)CN1Cc2c(cc(Cl)c3[nH]ncc23)CC(CC(=O)N2CCC(N3Cc4cccnc4NC3=O)CC2)C1=O. The van der Waals surface area contributed by atoms with Gasteiger partial charge in [0.1, 0.15) is 5.82 Å². The van der Waals surface area contributed by atoms with Gasteiger partial charge in [0.2, 0.25) is 11.8 Å². The fourth-order valence-corrected chi connectivity index (χ4v) is 6.74. The molecule has 1 saturated heterocycles. The molecule has 11 heteroatoms. The predicted molar refractivity (Wildman–Crippen MR) is 156 cm³/mol. The molecule has 0 saturated carbocycles. The summed E-state index contributed by atoms with van der Waals surface area (Å²) in [6.07, 6.45) is 5.44. The van der Waals surface area contributed by atoms with Gasteiger partial charge in [0.25, 0.3) is 0 Å². The van der Waals surface area contributed by atoms with Gasteiger partial charge in [0, 0.05) is 55.8 Å². The van der Waals surface area contributed by atoms with Crippen LogP contribution in [0.4, 0.5) is 10.6 Å². The molecule has 0 bridgehead atoms. The third kappa shape index (κ3) is 5.49. The number of pyridine rings is 1. The number of amides is 4. The van der Waals surface area contributed by atoms with Crippen LogP contribution in [0.3, 0.4) is 0 Å². The zero-order valence-corrected chi connectivity index (χ0v) is 24.5. The Hall–Kier alpha value is -3.66. The highest BCUT2D eigenvalue weighted by molar-refractivity contribution is 6.35. The molecule has 3 aliphatic heterocycles. The maximum atomic E-state index is 13.9. The van der Waals surface area contributed by atoms with Crippen molar-refractivity contribution in [3.63, 3.8) is 0 Å². The number of aromatic amines is 1. The number of hydrogen-bond acceptors (Lipinski definition) is 5. The van der Waals surface area contributed by atoms with E-state index < -0.39 is 5.92 Å². The van der Waals surface area contributed by atoms with Gasteiger partial charge in [0.15, 0.2) is 0 Å². The second-order valence-corrected chi connectivity index (χ2v) is 13.1. The zero-order chi connectivity index (χ0) is 28.9. The first-order chi connectivity index (χ1) is 19.6. The van der Waals surface area contributed by atoms with Crippen molar-refractivity contribution in [3.8, 4) is 0 Å². The molecule has 10 nitrogen and oxygen atoms in total. The first-order valence-electron chi connectivity index (χ1n) is 14.3. The molecule has 3 aliphatic rings. The second kappa shape index (κ2) is 10.6. The predicted octanol–water partition coefficient (Wildman–Crippen LogP) is 4.59. The maximum absolute atomic E-state index is 13.9. The Kier molecular flexibility index (Phi) is 7.13. The molecule has 5 heterocycles. The highest BCUT2D eigenvalue weighted by Crippen LogP contribution is 2.35. The van der Waals surface area contributed by atoms with E-state index in [9.17, 15) is 14.4 Å². The molecule has 1 aromatic carbocycles. The van der Waals surface area contributed by atoms with Crippen molar-refractivity contribution in [2.24, 2.45) is 11.3 Å². The van der Waals surface area contributed by atoms with Crippen molar-refractivity contribution in [1.29, 1.82) is 0 Å². The average molecular weight is 578 g/mol. The molecule has 2 aromatic heterocycles. The van der Waals surface area contributed by atoms with Crippen LogP contribution in [0.5, 0.6) is 0 Å². The number of halogens is 1. The van der Waals surface area contributed by atoms with Gasteiger partial charge in [-0.1, -0.05) is 38.4 Å². The average Bonchev–Trinajstić information content (AvgIpc) is 3.39. The maximum Gasteiger partial charge on any atom is 0.323 e. The third-order valence-electron chi connectivity index (χ3n) is 8.43. The summed E-state index contributed by atoms with van der Waals surface area (Å²) in [6.45, 7) is 9.01. The molecule has 4 amide bonds. The molecule has 0 radical (unpaired) electrons. The van der Waals surface area contributed by atoms with E-state index in [0.717, 1.165) is 27.6 Å². The summed E-state index contributed by atoms with van der Waals surface area (Å²) in [7, 11) is 0. The number of nitrogens with one attached hydrogen (secondary N) is 2. The van der Waals surface area contributed by atoms with Gasteiger partial charge in [0.05, 0.1) is 29.2 Å². The molecule has 216 valence electrons. The molecular weight excluding hydrogens is 542 g/mol. The number of anilines is 1. The minimum atomic E-state index is -0.471. The van der Waals surface area contributed by atoms with E-state index in [1.807, 2.05) is 32.9 Å². The number of fused-ring (bicyclic) bond motifs is 4. The minimum absolute atomic E-state index is 0.00407. The molecule has 1 fully saturated rings. The number of rotatable bonds is 4. The minimum Gasteiger partial charge on any atom is -0.343 e. The highest BCUT2D eigenvalue weighted by Gasteiger charge is 2.37. The summed E-state index contributed by atoms with van der Waals surface area (Å²) in [6, 6.07) is 5.67. The van der Waals surface area contributed by atoms with Crippen LogP contribution in [0, 0.1) is 11.3 Å². The van der Waals surface area contributed by atoms with Crippen LogP contribution in [0.15, 0.2) is 30.6 Å². The van der Waals surface area contributed by atoms with Gasteiger partial charge in [-0.3, -0.25) is 20.0 Å². The summed E-state index contributed by atoms with van der Waals surface area (Å²) in [5.74, 6) is 0.130. The van der Waals surface area contributed by atoms with Crippen molar-refractivity contribution in [3.05, 3.63) is 52.3 Å². The number of carbonyl (C=O) groups is 3. The largest absolute Gasteiger partial charge is 0.343 e. The Balaban J connectivity index is 1.16. The highest BCUT2D eigenvalue weighted by atomic mass is 35.5. The molecule has 2 N–H and O–H groups in total. The number of urea groups is 1. The molecule has 6 rings (SSSR count). The summed E-state index contributed by atoms with van der Waals surface area (Å²) < 4.78 is 0. The van der Waals surface area contributed by atoms with Gasteiger partial charge >= 0.3 is 6.03 Å². The topological polar surface area (TPSA) is 115 Å². The monoisotopic (exact) mass is 577 g/mol. The third-order valence-corrected chi connectivity index (χ3v) is 8.73. The van der Waals surface area contributed by atoms with Crippen molar-refractivity contribution >= 4 is 46.2 Å². The molecule has 3 aromatic rings. The van der Waals surface area contributed by atoms with Crippen molar-refractivity contribution in [1.82, 2.24) is 29.9 Å². The number of carbonyl (C=O) groups excluding carboxylic acids is 3.